The van der Waals surface area contributed by atoms with Crippen molar-refractivity contribution in [3.63, 3.8) is 0 Å². The summed E-state index contributed by atoms with van der Waals surface area (Å²) in [4.78, 5) is 3.95. The third kappa shape index (κ3) is 4.72. The summed E-state index contributed by atoms with van der Waals surface area (Å²) in [5, 5.41) is 21.1. The van der Waals surface area contributed by atoms with Crippen molar-refractivity contribution in [1.82, 2.24) is 4.98 Å². The van der Waals surface area contributed by atoms with E-state index < -0.39 is 10.0 Å². The van der Waals surface area contributed by atoms with Gasteiger partial charge in [0.1, 0.15) is 11.9 Å². The number of nitriles is 1. The molecule has 10 heteroatoms. The number of hydrogen-bond donors (Lipinski definition) is 3. The molecule has 0 saturated heterocycles. The highest BCUT2D eigenvalue weighted by Crippen LogP contribution is 2.22. The maximum Gasteiger partial charge on any atom is 0.238 e. The van der Waals surface area contributed by atoms with Gasteiger partial charge in [0.05, 0.1) is 26.2 Å². The van der Waals surface area contributed by atoms with E-state index in [-0.39, 0.29) is 10.5 Å². The fourth-order valence-corrected chi connectivity index (χ4v) is 2.86. The molecule has 0 bridgehead atoms. The predicted molar refractivity (Wildman–Crippen MR) is 93.8 cm³/mol. The average molecular weight is 386 g/mol. The molecule has 0 radical (unpaired) electrons. The topological polar surface area (TPSA) is 121 Å². The smallest absolute Gasteiger partial charge is 0.238 e. The van der Waals surface area contributed by atoms with Crippen LogP contribution in [0.2, 0.25) is 10.0 Å². The molecule has 0 fully saturated rings. The second-order valence-corrected chi connectivity index (χ2v) is 7.11. The molecule has 1 aromatic heterocycles. The van der Waals surface area contributed by atoms with Gasteiger partial charge in [0.2, 0.25) is 10.0 Å². The number of nitrogens with two attached hydrogens (primary N) is 1. The number of primary sulfonamides is 1. The Morgan fingerprint density at radius 2 is 1.92 bits per heavy atom. The Kier molecular flexibility index (Phi) is 5.85. The highest BCUT2D eigenvalue weighted by Gasteiger charge is 2.11. The number of nitrogens with one attached hydrogen (secondary N) is 2. The first kappa shape index (κ1) is 18.3. The lowest BCUT2D eigenvalue weighted by Crippen LogP contribution is -2.16. The zero-order valence-electron chi connectivity index (χ0n) is 12.3. The molecular weight excluding hydrogens is 373 g/mol. The fourth-order valence-electron chi connectivity index (χ4n) is 1.87. The molecule has 2 rings (SSSR count). The molecule has 1 aromatic carbocycles. The Balaban J connectivity index is 1.98. The van der Waals surface area contributed by atoms with Gasteiger partial charge in [-0.05, 0) is 24.3 Å². The molecule has 1 heterocycles. The Morgan fingerprint density at radius 1 is 1.21 bits per heavy atom. The largest absolute Gasteiger partial charge is 0.382 e. The van der Waals surface area contributed by atoms with E-state index in [0.717, 1.165) is 0 Å². The maximum atomic E-state index is 11.3. The highest BCUT2D eigenvalue weighted by atomic mass is 35.5. The predicted octanol–water partition coefficient (Wildman–Crippen LogP) is 2.43. The van der Waals surface area contributed by atoms with Crippen LogP contribution < -0.4 is 15.8 Å². The molecular formula is C14H13Cl2N5O2S. The van der Waals surface area contributed by atoms with Gasteiger partial charge in [0, 0.05) is 19.3 Å². The summed E-state index contributed by atoms with van der Waals surface area (Å²) in [7, 11) is -3.85. The van der Waals surface area contributed by atoms with Gasteiger partial charge in [-0.2, -0.15) is 5.26 Å². The molecule has 7 nitrogen and oxygen atoms in total. The van der Waals surface area contributed by atoms with Crippen LogP contribution in [0.1, 0.15) is 5.56 Å². The number of halogens is 2. The summed E-state index contributed by atoms with van der Waals surface area (Å²) in [5.74, 6) is 0.493. The molecule has 0 atom stereocenters. The van der Waals surface area contributed by atoms with Crippen LogP contribution in [0.4, 0.5) is 11.5 Å². The average Bonchev–Trinajstić information content (AvgIpc) is 2.52. The number of anilines is 2. The lowest BCUT2D eigenvalue weighted by molar-refractivity contribution is 0.598. The van der Waals surface area contributed by atoms with Crippen molar-refractivity contribution in [3.05, 3.63) is 46.1 Å². The van der Waals surface area contributed by atoms with E-state index in [1.807, 2.05) is 6.07 Å². The molecule has 24 heavy (non-hydrogen) atoms. The molecule has 0 aliphatic heterocycles. The van der Waals surface area contributed by atoms with Crippen LogP contribution in [0.3, 0.4) is 0 Å². The Bertz CT molecular complexity index is 897. The molecule has 4 N–H and O–H groups in total. The molecule has 0 aliphatic carbocycles. The normalized spacial score (nSPS) is 10.9. The minimum Gasteiger partial charge on any atom is -0.382 e. The van der Waals surface area contributed by atoms with Crippen molar-refractivity contribution in [2.45, 2.75) is 4.90 Å². The quantitative estimate of drug-likeness (QED) is 0.656. The number of pyridine rings is 1. The molecule has 0 aliphatic rings. The van der Waals surface area contributed by atoms with Crippen LogP contribution in [-0.2, 0) is 10.0 Å². The molecule has 0 spiro atoms. The van der Waals surface area contributed by atoms with Crippen LogP contribution in [0.25, 0.3) is 0 Å². The van der Waals surface area contributed by atoms with Gasteiger partial charge in [-0.15, -0.1) is 0 Å². The Labute approximate surface area is 149 Å². The maximum absolute atomic E-state index is 11.3. The van der Waals surface area contributed by atoms with E-state index >= 15 is 0 Å². The van der Waals surface area contributed by atoms with Crippen LogP contribution in [0, 0.1) is 11.3 Å². The summed E-state index contributed by atoms with van der Waals surface area (Å²) in [6, 6.07) is 7.56. The minimum absolute atomic E-state index is 0.111. The summed E-state index contributed by atoms with van der Waals surface area (Å²) in [6.07, 6.45) is 1.48. The van der Waals surface area contributed by atoms with Crippen molar-refractivity contribution >= 4 is 44.7 Å². The van der Waals surface area contributed by atoms with Crippen molar-refractivity contribution in [3.8, 4) is 6.07 Å². The van der Waals surface area contributed by atoms with Gasteiger partial charge in [-0.1, -0.05) is 23.2 Å². The number of nitrogens with zero attached hydrogens (tertiary/aromatic N) is 2. The lowest BCUT2D eigenvalue weighted by Gasteiger charge is -2.11. The summed E-state index contributed by atoms with van der Waals surface area (Å²) < 4.78 is 22.6. The van der Waals surface area contributed by atoms with Crippen LogP contribution >= 0.6 is 23.2 Å². The van der Waals surface area contributed by atoms with E-state index in [1.54, 1.807) is 6.07 Å². The molecule has 0 saturated carbocycles. The van der Waals surface area contributed by atoms with Gasteiger partial charge in [-0.25, -0.2) is 18.5 Å². The Hall–Kier alpha value is -2.05. The first-order valence-corrected chi connectivity index (χ1v) is 8.97. The summed E-state index contributed by atoms with van der Waals surface area (Å²) in [5.41, 5.74) is 0.686. The molecule has 0 unspecified atom stereocenters. The van der Waals surface area contributed by atoms with E-state index in [2.05, 4.69) is 15.6 Å². The number of aromatic nitrogens is 1. The van der Waals surface area contributed by atoms with E-state index in [1.165, 1.54) is 24.4 Å². The van der Waals surface area contributed by atoms with Gasteiger partial charge in [-0.3, -0.25) is 0 Å². The van der Waals surface area contributed by atoms with Gasteiger partial charge >= 0.3 is 0 Å². The summed E-state index contributed by atoms with van der Waals surface area (Å²) in [6.45, 7) is 0.917. The van der Waals surface area contributed by atoms with Crippen molar-refractivity contribution in [1.29, 1.82) is 5.26 Å². The monoisotopic (exact) mass is 385 g/mol. The Morgan fingerprint density at radius 3 is 2.54 bits per heavy atom. The van der Waals surface area contributed by atoms with Crippen LogP contribution in [0.5, 0.6) is 0 Å². The van der Waals surface area contributed by atoms with Crippen LogP contribution in [0.15, 0.2) is 35.4 Å². The summed E-state index contributed by atoms with van der Waals surface area (Å²) >= 11 is 11.8. The first-order chi connectivity index (χ1) is 11.3. The van der Waals surface area contributed by atoms with E-state index in [4.69, 9.17) is 33.6 Å². The zero-order valence-corrected chi connectivity index (χ0v) is 14.6. The van der Waals surface area contributed by atoms with E-state index in [0.29, 0.717) is 34.6 Å². The highest BCUT2D eigenvalue weighted by molar-refractivity contribution is 7.89. The third-order valence-corrected chi connectivity index (χ3v) is 4.39. The van der Waals surface area contributed by atoms with Gasteiger partial charge < -0.3 is 10.6 Å². The standard InChI is InChI=1S/C14H13Cl2N5O2S/c15-10-6-12(16)14(21-8-10)20-4-3-19-13-2-1-11(24(18,22)23)5-9(13)7-17/h1-2,5-6,8,19H,3-4H2,(H,20,21)(H2,18,22,23). The van der Waals surface area contributed by atoms with Crippen molar-refractivity contribution < 1.29 is 8.42 Å². The first-order valence-electron chi connectivity index (χ1n) is 6.67. The third-order valence-electron chi connectivity index (χ3n) is 2.98. The number of sulfonamides is 1. The second-order valence-electron chi connectivity index (χ2n) is 4.70. The lowest BCUT2D eigenvalue weighted by atomic mass is 10.2. The second kappa shape index (κ2) is 7.68. The zero-order chi connectivity index (χ0) is 17.7. The number of rotatable bonds is 6. The number of benzene rings is 1. The van der Waals surface area contributed by atoms with Gasteiger partial charge in [0.15, 0.2) is 0 Å². The van der Waals surface area contributed by atoms with E-state index in [9.17, 15) is 8.42 Å². The van der Waals surface area contributed by atoms with Crippen molar-refractivity contribution in [2.24, 2.45) is 5.14 Å². The minimum atomic E-state index is -3.85. The van der Waals surface area contributed by atoms with Crippen molar-refractivity contribution in [2.75, 3.05) is 23.7 Å². The number of hydrogen-bond acceptors (Lipinski definition) is 6. The molecule has 0 amide bonds. The SMILES string of the molecule is N#Cc1cc(S(N)(=O)=O)ccc1NCCNc1ncc(Cl)cc1Cl. The fraction of sp³-hybridized carbons (Fsp3) is 0.143. The molecule has 2 aromatic rings. The van der Waals surface area contributed by atoms with Gasteiger partial charge in [0.25, 0.3) is 0 Å². The van der Waals surface area contributed by atoms with Crippen LogP contribution in [-0.4, -0.2) is 26.5 Å². The molecule has 126 valence electrons.